The normalized spacial score (nSPS) is 10.8. The molecule has 0 saturated carbocycles. The third-order valence-corrected chi connectivity index (χ3v) is 3.02. The van der Waals surface area contributed by atoms with Crippen molar-refractivity contribution in [1.29, 1.82) is 0 Å². The SMILES string of the molecule is COCCOCCCn1c(C)cc(C)c(C(=O)O)c1=O. The lowest BCUT2D eigenvalue weighted by atomic mass is 10.1. The minimum atomic E-state index is -1.18. The predicted molar refractivity (Wildman–Crippen MR) is 74.4 cm³/mol. The van der Waals surface area contributed by atoms with Crippen LogP contribution in [0.25, 0.3) is 0 Å². The van der Waals surface area contributed by atoms with Crippen LogP contribution in [0, 0.1) is 13.8 Å². The maximum absolute atomic E-state index is 12.1. The van der Waals surface area contributed by atoms with Crippen molar-refractivity contribution in [3.63, 3.8) is 0 Å². The number of ether oxygens (including phenoxy) is 2. The Morgan fingerprint density at radius 3 is 2.60 bits per heavy atom. The molecule has 0 aromatic carbocycles. The first-order valence-corrected chi connectivity index (χ1v) is 6.50. The van der Waals surface area contributed by atoms with Gasteiger partial charge in [0.25, 0.3) is 5.56 Å². The minimum Gasteiger partial charge on any atom is -0.477 e. The topological polar surface area (TPSA) is 77.8 Å². The van der Waals surface area contributed by atoms with Gasteiger partial charge in [0.2, 0.25) is 0 Å². The second kappa shape index (κ2) is 7.81. The summed E-state index contributed by atoms with van der Waals surface area (Å²) in [5.41, 5.74) is 0.643. The van der Waals surface area contributed by atoms with Gasteiger partial charge in [-0.3, -0.25) is 4.79 Å². The highest BCUT2D eigenvalue weighted by molar-refractivity contribution is 5.88. The minimum absolute atomic E-state index is 0.157. The van der Waals surface area contributed by atoms with E-state index in [1.807, 2.05) is 0 Å². The molecule has 0 aliphatic rings. The Kier molecular flexibility index (Phi) is 6.41. The van der Waals surface area contributed by atoms with E-state index >= 15 is 0 Å². The summed E-state index contributed by atoms with van der Waals surface area (Å²) in [7, 11) is 1.60. The summed E-state index contributed by atoms with van der Waals surface area (Å²) in [5, 5.41) is 9.08. The lowest BCUT2D eigenvalue weighted by Crippen LogP contribution is -2.29. The molecule has 1 N–H and O–H groups in total. The van der Waals surface area contributed by atoms with Gasteiger partial charge >= 0.3 is 5.97 Å². The zero-order valence-corrected chi connectivity index (χ0v) is 12.1. The fourth-order valence-electron chi connectivity index (χ4n) is 2.03. The predicted octanol–water partition coefficient (Wildman–Crippen LogP) is 1.22. The Morgan fingerprint density at radius 2 is 2.00 bits per heavy atom. The Morgan fingerprint density at radius 1 is 1.30 bits per heavy atom. The average Bonchev–Trinajstić information content (AvgIpc) is 2.35. The van der Waals surface area contributed by atoms with Crippen LogP contribution in [0.4, 0.5) is 0 Å². The number of pyridine rings is 1. The van der Waals surface area contributed by atoms with Crippen LogP contribution in [0.3, 0.4) is 0 Å². The molecule has 0 spiro atoms. The quantitative estimate of drug-likeness (QED) is 0.726. The van der Waals surface area contributed by atoms with E-state index in [0.717, 1.165) is 5.69 Å². The zero-order valence-electron chi connectivity index (χ0n) is 12.1. The van der Waals surface area contributed by atoms with E-state index in [2.05, 4.69) is 0 Å². The van der Waals surface area contributed by atoms with Crippen LogP contribution >= 0.6 is 0 Å². The van der Waals surface area contributed by atoms with Crippen molar-refractivity contribution in [1.82, 2.24) is 4.57 Å². The molecule has 0 saturated heterocycles. The molecule has 0 aliphatic carbocycles. The van der Waals surface area contributed by atoms with Gasteiger partial charge in [0, 0.05) is 26.0 Å². The third kappa shape index (κ3) is 4.18. The van der Waals surface area contributed by atoms with Crippen LogP contribution in [0.5, 0.6) is 0 Å². The van der Waals surface area contributed by atoms with Gasteiger partial charge in [-0.1, -0.05) is 0 Å². The van der Waals surface area contributed by atoms with E-state index in [1.165, 1.54) is 4.57 Å². The van der Waals surface area contributed by atoms with Crippen molar-refractivity contribution in [2.24, 2.45) is 0 Å². The molecule has 1 heterocycles. The van der Waals surface area contributed by atoms with Gasteiger partial charge in [-0.2, -0.15) is 0 Å². The van der Waals surface area contributed by atoms with Crippen molar-refractivity contribution in [2.45, 2.75) is 26.8 Å². The molecule has 0 amide bonds. The molecule has 0 aliphatic heterocycles. The lowest BCUT2D eigenvalue weighted by molar-refractivity contribution is 0.0675. The van der Waals surface area contributed by atoms with E-state index in [9.17, 15) is 9.59 Å². The third-order valence-electron chi connectivity index (χ3n) is 3.02. The number of carboxylic acids is 1. The molecule has 1 aromatic rings. The summed E-state index contributed by atoms with van der Waals surface area (Å²) < 4.78 is 11.7. The molecular formula is C14H21NO5. The maximum Gasteiger partial charge on any atom is 0.341 e. The number of nitrogens with zero attached hydrogens (tertiary/aromatic N) is 1. The maximum atomic E-state index is 12.1. The van der Waals surface area contributed by atoms with Crippen LogP contribution in [0.15, 0.2) is 10.9 Å². The summed E-state index contributed by atoms with van der Waals surface area (Å²) in [6.07, 6.45) is 0.645. The molecule has 0 fully saturated rings. The molecule has 6 nitrogen and oxygen atoms in total. The first-order valence-electron chi connectivity index (χ1n) is 6.50. The van der Waals surface area contributed by atoms with Gasteiger partial charge in [-0.15, -0.1) is 0 Å². The molecule has 20 heavy (non-hydrogen) atoms. The number of hydrogen-bond acceptors (Lipinski definition) is 4. The van der Waals surface area contributed by atoms with Crippen molar-refractivity contribution < 1.29 is 19.4 Å². The number of carboxylic acid groups (broad SMARTS) is 1. The number of rotatable bonds is 8. The summed E-state index contributed by atoms with van der Waals surface area (Å²) in [6.45, 7) is 5.43. The largest absolute Gasteiger partial charge is 0.477 e. The second-order valence-electron chi connectivity index (χ2n) is 4.56. The van der Waals surface area contributed by atoms with Crippen LogP contribution < -0.4 is 5.56 Å². The molecule has 0 bridgehead atoms. The standard InChI is InChI=1S/C14H21NO5/c1-10-9-11(2)15(13(16)12(10)14(17)18)5-4-6-20-8-7-19-3/h9H,4-8H2,1-3H3,(H,17,18). The van der Waals surface area contributed by atoms with Crippen molar-refractivity contribution in [3.8, 4) is 0 Å². The Bertz CT molecular complexity index is 521. The zero-order chi connectivity index (χ0) is 15.1. The summed E-state index contributed by atoms with van der Waals surface area (Å²) in [5.74, 6) is -1.18. The highest BCUT2D eigenvalue weighted by Crippen LogP contribution is 2.07. The number of aryl methyl sites for hydroxylation is 2. The molecule has 0 unspecified atom stereocenters. The number of hydrogen-bond donors (Lipinski definition) is 1. The monoisotopic (exact) mass is 283 g/mol. The van der Waals surface area contributed by atoms with E-state index < -0.39 is 11.5 Å². The molecule has 112 valence electrons. The van der Waals surface area contributed by atoms with E-state index in [4.69, 9.17) is 14.6 Å². The molecular weight excluding hydrogens is 262 g/mol. The number of aromatic nitrogens is 1. The summed E-state index contributed by atoms with van der Waals surface area (Å²) in [6, 6.07) is 1.72. The van der Waals surface area contributed by atoms with Gasteiger partial charge in [-0.25, -0.2) is 4.79 Å². The number of methoxy groups -OCH3 is 1. The lowest BCUT2D eigenvalue weighted by Gasteiger charge is -2.12. The van der Waals surface area contributed by atoms with Crippen molar-refractivity contribution in [3.05, 3.63) is 33.2 Å². The van der Waals surface area contributed by atoms with E-state index in [0.29, 0.717) is 38.3 Å². The fraction of sp³-hybridized carbons (Fsp3) is 0.571. The Balaban J connectivity index is 2.73. The van der Waals surface area contributed by atoms with Crippen LogP contribution in [0.2, 0.25) is 0 Å². The Labute approximate surface area is 117 Å². The van der Waals surface area contributed by atoms with Gasteiger partial charge in [0.1, 0.15) is 5.56 Å². The van der Waals surface area contributed by atoms with Gasteiger partial charge < -0.3 is 19.1 Å². The van der Waals surface area contributed by atoms with Gasteiger partial charge in [0.05, 0.1) is 13.2 Å². The fourth-order valence-corrected chi connectivity index (χ4v) is 2.03. The van der Waals surface area contributed by atoms with E-state index in [1.54, 1.807) is 27.0 Å². The van der Waals surface area contributed by atoms with Crippen LogP contribution in [-0.2, 0) is 16.0 Å². The molecule has 1 aromatic heterocycles. The second-order valence-corrected chi connectivity index (χ2v) is 4.56. The first kappa shape index (κ1) is 16.4. The van der Waals surface area contributed by atoms with Gasteiger partial charge in [0.15, 0.2) is 0 Å². The highest BCUT2D eigenvalue weighted by atomic mass is 16.5. The summed E-state index contributed by atoms with van der Waals surface area (Å²) >= 11 is 0. The van der Waals surface area contributed by atoms with E-state index in [-0.39, 0.29) is 5.56 Å². The molecule has 1 rings (SSSR count). The number of carbonyl (C=O) groups is 1. The first-order chi connectivity index (χ1) is 9.49. The Hall–Kier alpha value is -1.66. The smallest absolute Gasteiger partial charge is 0.341 e. The van der Waals surface area contributed by atoms with Crippen LogP contribution in [-0.4, -0.2) is 42.6 Å². The average molecular weight is 283 g/mol. The van der Waals surface area contributed by atoms with Crippen molar-refractivity contribution in [2.75, 3.05) is 26.9 Å². The molecule has 6 heteroatoms. The van der Waals surface area contributed by atoms with Gasteiger partial charge in [-0.05, 0) is 31.9 Å². The van der Waals surface area contributed by atoms with Crippen LogP contribution in [0.1, 0.15) is 28.0 Å². The summed E-state index contributed by atoms with van der Waals surface area (Å²) in [4.78, 5) is 23.2. The van der Waals surface area contributed by atoms with Crippen molar-refractivity contribution >= 4 is 5.97 Å². The highest BCUT2D eigenvalue weighted by Gasteiger charge is 2.16. The molecule has 0 atom stereocenters. The molecule has 0 radical (unpaired) electrons. The number of aromatic carboxylic acids is 1.